The lowest BCUT2D eigenvalue weighted by Crippen LogP contribution is -2.48. The van der Waals surface area contributed by atoms with E-state index in [1.54, 1.807) is 36.1 Å². The lowest BCUT2D eigenvalue weighted by Gasteiger charge is -2.32. The molecule has 1 aliphatic heterocycles. The Balaban J connectivity index is 1.46. The minimum atomic E-state index is -4.36. The summed E-state index contributed by atoms with van der Waals surface area (Å²) < 4.78 is 43.4. The summed E-state index contributed by atoms with van der Waals surface area (Å²) in [4.78, 5) is 21.5. The molecular weight excluding hydrogens is 423 g/mol. The van der Waals surface area contributed by atoms with Gasteiger partial charge >= 0.3 is 6.18 Å². The van der Waals surface area contributed by atoms with Crippen molar-refractivity contribution in [1.29, 1.82) is 0 Å². The van der Waals surface area contributed by atoms with Crippen molar-refractivity contribution in [2.45, 2.75) is 19.7 Å². The molecule has 0 atom stereocenters. The number of rotatable bonds is 7. The zero-order valence-corrected chi connectivity index (χ0v) is 18.1. The molecule has 1 fully saturated rings. The average molecular weight is 449 g/mol. The molecule has 32 heavy (non-hydrogen) atoms. The fraction of sp³-hybridized carbons (Fsp3) is 0.391. The van der Waals surface area contributed by atoms with Crippen molar-refractivity contribution in [1.82, 2.24) is 9.80 Å². The number of carbonyl (C=O) groups is 1. The van der Waals surface area contributed by atoms with Crippen LogP contribution in [0.3, 0.4) is 0 Å². The first-order chi connectivity index (χ1) is 15.2. The number of carbonyl (C=O) groups excluding carboxylic acids is 1. The van der Waals surface area contributed by atoms with Crippen LogP contribution in [-0.2, 0) is 22.4 Å². The molecule has 0 N–H and O–H groups in total. The standard InChI is InChI=1S/C23H26F3N3O3/c1-17(27-32-15-18-3-7-20(8-4-18)23(24,25)26)19-5-9-21(10-6-19)31-16-22(30)29-13-11-28(2)12-14-29/h3-10H,11-16H2,1-2H3/b27-17+. The zero-order valence-electron chi connectivity index (χ0n) is 18.1. The third kappa shape index (κ3) is 6.71. The molecule has 0 bridgehead atoms. The summed E-state index contributed by atoms with van der Waals surface area (Å²) in [7, 11) is 2.03. The Hall–Kier alpha value is -3.07. The van der Waals surface area contributed by atoms with Gasteiger partial charge in [-0.25, -0.2) is 0 Å². The van der Waals surface area contributed by atoms with E-state index in [-0.39, 0.29) is 19.1 Å². The number of alkyl halides is 3. The Morgan fingerprint density at radius 2 is 1.62 bits per heavy atom. The maximum atomic E-state index is 12.6. The second-order valence-electron chi connectivity index (χ2n) is 7.64. The number of amides is 1. The fourth-order valence-electron chi connectivity index (χ4n) is 3.13. The van der Waals surface area contributed by atoms with Gasteiger partial charge in [0.1, 0.15) is 12.4 Å². The van der Waals surface area contributed by atoms with Gasteiger partial charge in [-0.05, 0) is 61.5 Å². The zero-order chi connectivity index (χ0) is 23.1. The molecule has 0 radical (unpaired) electrons. The fourth-order valence-corrected chi connectivity index (χ4v) is 3.13. The summed E-state index contributed by atoms with van der Waals surface area (Å²) in [6.45, 7) is 4.95. The molecule has 0 saturated carbocycles. The molecule has 2 aromatic rings. The van der Waals surface area contributed by atoms with E-state index in [2.05, 4.69) is 10.1 Å². The molecule has 0 unspecified atom stereocenters. The first kappa shape index (κ1) is 23.6. The monoisotopic (exact) mass is 449 g/mol. The van der Waals surface area contributed by atoms with Crippen molar-refractivity contribution in [3.8, 4) is 5.75 Å². The molecule has 2 aromatic carbocycles. The van der Waals surface area contributed by atoms with Crippen LogP contribution in [0.2, 0.25) is 0 Å². The Morgan fingerprint density at radius 1 is 1.00 bits per heavy atom. The minimum Gasteiger partial charge on any atom is -0.484 e. The number of halogens is 3. The summed E-state index contributed by atoms with van der Waals surface area (Å²) in [6.07, 6.45) is -4.36. The first-order valence-electron chi connectivity index (χ1n) is 10.2. The summed E-state index contributed by atoms with van der Waals surface area (Å²) in [5.41, 5.74) is 1.30. The molecule has 1 amide bonds. The van der Waals surface area contributed by atoms with Crippen molar-refractivity contribution >= 4 is 11.6 Å². The second-order valence-corrected chi connectivity index (χ2v) is 7.64. The highest BCUT2D eigenvalue weighted by atomic mass is 19.4. The normalized spacial score (nSPS) is 15.5. The van der Waals surface area contributed by atoms with Gasteiger partial charge in [0, 0.05) is 26.2 Å². The molecule has 1 aliphatic rings. The third-order valence-electron chi connectivity index (χ3n) is 5.20. The third-order valence-corrected chi connectivity index (χ3v) is 5.20. The van der Waals surface area contributed by atoms with Crippen LogP contribution in [0.15, 0.2) is 53.7 Å². The number of oxime groups is 1. The number of benzene rings is 2. The van der Waals surface area contributed by atoms with Crippen molar-refractivity contribution in [2.24, 2.45) is 5.16 Å². The van der Waals surface area contributed by atoms with E-state index < -0.39 is 11.7 Å². The number of likely N-dealkylation sites (N-methyl/N-ethyl adjacent to an activating group) is 1. The number of ether oxygens (including phenoxy) is 1. The van der Waals surface area contributed by atoms with Gasteiger partial charge < -0.3 is 19.4 Å². The molecule has 0 aliphatic carbocycles. The predicted molar refractivity (Wildman–Crippen MR) is 114 cm³/mol. The minimum absolute atomic E-state index is 0.00757. The molecule has 172 valence electrons. The maximum Gasteiger partial charge on any atom is 0.416 e. The maximum absolute atomic E-state index is 12.6. The highest BCUT2D eigenvalue weighted by molar-refractivity contribution is 5.98. The molecule has 9 heteroatoms. The van der Waals surface area contributed by atoms with E-state index in [1.165, 1.54) is 12.1 Å². The van der Waals surface area contributed by atoms with E-state index in [4.69, 9.17) is 9.57 Å². The summed E-state index contributed by atoms with van der Waals surface area (Å²) in [6, 6.07) is 11.9. The van der Waals surface area contributed by atoms with E-state index in [1.807, 2.05) is 7.05 Å². The molecule has 1 heterocycles. The average Bonchev–Trinajstić information content (AvgIpc) is 2.78. The highest BCUT2D eigenvalue weighted by Crippen LogP contribution is 2.29. The van der Waals surface area contributed by atoms with E-state index in [0.717, 1.165) is 30.8 Å². The Kier molecular flexibility index (Phi) is 7.74. The highest BCUT2D eigenvalue weighted by Gasteiger charge is 2.29. The van der Waals surface area contributed by atoms with Crippen LogP contribution < -0.4 is 4.74 Å². The smallest absolute Gasteiger partial charge is 0.416 e. The quantitative estimate of drug-likeness (QED) is 0.477. The SMILES string of the molecule is C/C(=N\OCc1ccc(C(F)(F)F)cc1)c1ccc(OCC(=O)N2CCN(C)CC2)cc1. The van der Waals surface area contributed by atoms with Crippen LogP contribution in [0.25, 0.3) is 0 Å². The van der Waals surface area contributed by atoms with Crippen LogP contribution in [0.4, 0.5) is 13.2 Å². The van der Waals surface area contributed by atoms with Crippen LogP contribution in [-0.4, -0.2) is 61.3 Å². The van der Waals surface area contributed by atoms with Gasteiger partial charge in [-0.1, -0.05) is 17.3 Å². The topological polar surface area (TPSA) is 54.4 Å². The van der Waals surface area contributed by atoms with E-state index >= 15 is 0 Å². The molecule has 0 aromatic heterocycles. The Morgan fingerprint density at radius 3 is 2.22 bits per heavy atom. The van der Waals surface area contributed by atoms with E-state index in [0.29, 0.717) is 30.1 Å². The Labute approximate surface area is 185 Å². The van der Waals surface area contributed by atoms with Gasteiger partial charge in [0.15, 0.2) is 6.61 Å². The lowest BCUT2D eigenvalue weighted by atomic mass is 10.1. The van der Waals surface area contributed by atoms with Gasteiger partial charge in [0.05, 0.1) is 11.3 Å². The number of nitrogens with zero attached hydrogens (tertiary/aromatic N) is 3. The van der Waals surface area contributed by atoms with Crippen LogP contribution in [0.5, 0.6) is 5.75 Å². The number of piperazine rings is 1. The van der Waals surface area contributed by atoms with Crippen LogP contribution >= 0.6 is 0 Å². The van der Waals surface area contributed by atoms with Crippen molar-refractivity contribution in [3.05, 3.63) is 65.2 Å². The molecule has 0 spiro atoms. The molecule has 1 saturated heterocycles. The lowest BCUT2D eigenvalue weighted by molar-refractivity contribution is -0.137. The number of hydrogen-bond acceptors (Lipinski definition) is 5. The van der Waals surface area contributed by atoms with Gasteiger partial charge in [0.25, 0.3) is 5.91 Å². The predicted octanol–water partition coefficient (Wildman–Crippen LogP) is 3.80. The van der Waals surface area contributed by atoms with Gasteiger partial charge in [0.2, 0.25) is 0 Å². The largest absolute Gasteiger partial charge is 0.484 e. The summed E-state index contributed by atoms with van der Waals surface area (Å²) in [5.74, 6) is 0.547. The van der Waals surface area contributed by atoms with Crippen molar-refractivity contribution in [2.75, 3.05) is 39.8 Å². The van der Waals surface area contributed by atoms with Crippen LogP contribution in [0, 0.1) is 0 Å². The van der Waals surface area contributed by atoms with Crippen molar-refractivity contribution < 1.29 is 27.5 Å². The van der Waals surface area contributed by atoms with Gasteiger partial charge in [-0.2, -0.15) is 13.2 Å². The summed E-state index contributed by atoms with van der Waals surface area (Å²) >= 11 is 0. The molecule has 6 nitrogen and oxygen atoms in total. The van der Waals surface area contributed by atoms with E-state index in [9.17, 15) is 18.0 Å². The second kappa shape index (κ2) is 10.5. The first-order valence-corrected chi connectivity index (χ1v) is 10.2. The summed E-state index contributed by atoms with van der Waals surface area (Å²) in [5, 5.41) is 4.02. The van der Waals surface area contributed by atoms with Gasteiger partial charge in [-0.15, -0.1) is 0 Å². The van der Waals surface area contributed by atoms with Gasteiger partial charge in [-0.3, -0.25) is 4.79 Å². The Bertz CT molecular complexity index is 920. The van der Waals surface area contributed by atoms with Crippen molar-refractivity contribution in [3.63, 3.8) is 0 Å². The van der Waals surface area contributed by atoms with Crippen LogP contribution in [0.1, 0.15) is 23.6 Å². The number of hydrogen-bond donors (Lipinski definition) is 0. The molecule has 3 rings (SSSR count). The molecular formula is C23H26F3N3O3.